The third-order valence-electron chi connectivity index (χ3n) is 3.05. The topological polar surface area (TPSA) is 64.6 Å². The third-order valence-corrected chi connectivity index (χ3v) is 3.05. The van der Waals surface area contributed by atoms with Crippen LogP contribution in [-0.4, -0.2) is 36.2 Å². The molecule has 5 nitrogen and oxygen atoms in total. The number of nitrogens with one attached hydrogen (secondary N) is 1. The first-order chi connectivity index (χ1) is 10.0. The number of halogens is 2. The molecule has 128 valence electrons. The Morgan fingerprint density at radius 3 is 2.32 bits per heavy atom. The largest absolute Gasteiger partial charge is 0.464 e. The van der Waals surface area contributed by atoms with Crippen molar-refractivity contribution in [2.75, 3.05) is 6.61 Å². The van der Waals surface area contributed by atoms with Crippen LogP contribution >= 0.6 is 0 Å². The van der Waals surface area contributed by atoms with E-state index in [9.17, 15) is 18.4 Å². The number of hydrogen-bond acceptors (Lipinski definition) is 4. The van der Waals surface area contributed by atoms with Crippen LogP contribution in [0.15, 0.2) is 0 Å². The molecule has 1 saturated carbocycles. The molecule has 0 aliphatic heterocycles. The quantitative estimate of drug-likeness (QED) is 0.731. The maximum absolute atomic E-state index is 14.0. The zero-order chi connectivity index (χ0) is 17.0. The lowest BCUT2D eigenvalue weighted by Gasteiger charge is -2.25. The highest BCUT2D eigenvalue weighted by atomic mass is 19.3. The van der Waals surface area contributed by atoms with Crippen molar-refractivity contribution in [1.82, 2.24) is 5.32 Å². The van der Waals surface area contributed by atoms with Gasteiger partial charge in [-0.05, 0) is 46.5 Å². The van der Waals surface area contributed by atoms with E-state index in [1.807, 2.05) is 0 Å². The first-order valence-electron chi connectivity index (χ1n) is 7.56. The molecule has 0 aromatic heterocycles. The Bertz CT molecular complexity index is 403. The fraction of sp³-hybridized carbons (Fsp3) is 0.867. The average molecular weight is 321 g/mol. The molecular formula is C15H25F2NO4. The van der Waals surface area contributed by atoms with Crippen molar-refractivity contribution < 1.29 is 27.8 Å². The van der Waals surface area contributed by atoms with E-state index in [-0.39, 0.29) is 18.9 Å². The monoisotopic (exact) mass is 321 g/mol. The lowest BCUT2D eigenvalue weighted by atomic mass is 10.0. The first kappa shape index (κ1) is 18.6. The van der Waals surface area contributed by atoms with E-state index in [0.29, 0.717) is 0 Å². The van der Waals surface area contributed by atoms with Gasteiger partial charge in [0, 0.05) is 12.8 Å². The molecule has 0 spiro atoms. The molecule has 1 aliphatic carbocycles. The van der Waals surface area contributed by atoms with E-state index in [4.69, 9.17) is 9.47 Å². The summed E-state index contributed by atoms with van der Waals surface area (Å²) < 4.78 is 37.7. The van der Waals surface area contributed by atoms with Crippen molar-refractivity contribution in [3.63, 3.8) is 0 Å². The van der Waals surface area contributed by atoms with Gasteiger partial charge in [0.2, 0.25) is 0 Å². The van der Waals surface area contributed by atoms with Gasteiger partial charge in [-0.25, -0.2) is 18.4 Å². The molecule has 0 aromatic rings. The summed E-state index contributed by atoms with van der Waals surface area (Å²) in [5.74, 6) is -3.88. The van der Waals surface area contributed by atoms with Crippen molar-refractivity contribution in [1.29, 1.82) is 0 Å². The normalized spacial score (nSPS) is 16.8. The number of carbonyl (C=O) groups excluding carboxylic acids is 2. The van der Waals surface area contributed by atoms with Crippen molar-refractivity contribution in [3.8, 4) is 0 Å². The Balaban J connectivity index is 2.66. The van der Waals surface area contributed by atoms with E-state index >= 15 is 0 Å². The van der Waals surface area contributed by atoms with Crippen molar-refractivity contribution in [2.24, 2.45) is 5.92 Å². The van der Waals surface area contributed by atoms with Crippen LogP contribution in [0.5, 0.6) is 0 Å². The van der Waals surface area contributed by atoms with Gasteiger partial charge < -0.3 is 14.8 Å². The highest BCUT2D eigenvalue weighted by molar-refractivity contribution is 5.81. The van der Waals surface area contributed by atoms with E-state index in [0.717, 1.165) is 12.8 Å². The summed E-state index contributed by atoms with van der Waals surface area (Å²) in [5, 5.41) is 2.19. The standard InChI is InChI=1S/C15H25F2NO4/c1-5-21-12(19)11(18-13(20)22-14(2,3)4)9-15(16,17)8-10-6-7-10/h10-11H,5-9H2,1-4H3,(H,18,20). The van der Waals surface area contributed by atoms with Crippen LogP contribution in [0.1, 0.15) is 53.4 Å². The number of hydrogen-bond donors (Lipinski definition) is 1. The lowest BCUT2D eigenvalue weighted by Crippen LogP contribution is -2.47. The molecule has 1 aliphatic rings. The van der Waals surface area contributed by atoms with Crippen molar-refractivity contribution >= 4 is 12.1 Å². The van der Waals surface area contributed by atoms with Crippen LogP contribution in [0, 0.1) is 5.92 Å². The lowest BCUT2D eigenvalue weighted by molar-refractivity contribution is -0.148. The number of ether oxygens (including phenoxy) is 2. The fourth-order valence-corrected chi connectivity index (χ4v) is 2.01. The Morgan fingerprint density at radius 1 is 1.27 bits per heavy atom. The molecule has 1 amide bonds. The first-order valence-corrected chi connectivity index (χ1v) is 7.56. The van der Waals surface area contributed by atoms with Gasteiger partial charge in [0.05, 0.1) is 6.61 Å². The molecule has 0 aromatic carbocycles. The Labute approximate surface area is 129 Å². The minimum Gasteiger partial charge on any atom is -0.464 e. The third kappa shape index (κ3) is 7.56. The Kier molecular flexibility index (Phi) is 6.14. The highest BCUT2D eigenvalue weighted by Gasteiger charge is 2.42. The maximum Gasteiger partial charge on any atom is 0.408 e. The molecule has 0 saturated heterocycles. The second kappa shape index (κ2) is 7.24. The van der Waals surface area contributed by atoms with Gasteiger partial charge in [-0.2, -0.15) is 0 Å². The predicted octanol–water partition coefficient (Wildman–Crippen LogP) is 3.27. The van der Waals surface area contributed by atoms with E-state index in [2.05, 4.69) is 5.32 Å². The zero-order valence-electron chi connectivity index (χ0n) is 13.6. The number of esters is 1. The number of alkyl halides is 2. The number of alkyl carbamates (subject to hydrolysis) is 1. The SMILES string of the molecule is CCOC(=O)C(CC(F)(F)CC1CC1)NC(=O)OC(C)(C)C. The average Bonchev–Trinajstić information content (AvgIpc) is 3.08. The molecule has 22 heavy (non-hydrogen) atoms. The van der Waals surface area contributed by atoms with Crippen LogP contribution in [-0.2, 0) is 14.3 Å². The van der Waals surface area contributed by atoms with Crippen LogP contribution in [0.25, 0.3) is 0 Å². The van der Waals surface area contributed by atoms with Gasteiger partial charge in [0.1, 0.15) is 11.6 Å². The molecule has 7 heteroatoms. The van der Waals surface area contributed by atoms with Gasteiger partial charge in [0.15, 0.2) is 0 Å². The van der Waals surface area contributed by atoms with Crippen LogP contribution in [0.2, 0.25) is 0 Å². The summed E-state index contributed by atoms with van der Waals surface area (Å²) in [6, 6.07) is -1.41. The zero-order valence-corrected chi connectivity index (χ0v) is 13.6. The molecule has 0 radical (unpaired) electrons. The molecule has 1 rings (SSSR count). The molecule has 1 N–H and O–H groups in total. The van der Waals surface area contributed by atoms with E-state index in [1.165, 1.54) is 0 Å². The molecule has 1 unspecified atom stereocenters. The summed E-state index contributed by atoms with van der Waals surface area (Å²) in [4.78, 5) is 23.5. The second-order valence-corrected chi connectivity index (χ2v) is 6.66. The molecule has 0 heterocycles. The summed E-state index contributed by atoms with van der Waals surface area (Å²) in [5.41, 5.74) is -0.778. The second-order valence-electron chi connectivity index (χ2n) is 6.66. The fourth-order valence-electron chi connectivity index (χ4n) is 2.01. The van der Waals surface area contributed by atoms with Crippen LogP contribution in [0.4, 0.5) is 13.6 Å². The number of rotatable bonds is 7. The van der Waals surface area contributed by atoms with Gasteiger partial charge in [-0.3, -0.25) is 0 Å². The summed E-state index contributed by atoms with van der Waals surface area (Å²) in [7, 11) is 0. The molecular weight excluding hydrogens is 296 g/mol. The van der Waals surface area contributed by atoms with Gasteiger partial charge in [-0.15, -0.1) is 0 Å². The maximum atomic E-state index is 14.0. The molecule has 1 fully saturated rings. The minimum absolute atomic E-state index is 0.0133. The van der Waals surface area contributed by atoms with Crippen molar-refractivity contribution in [3.05, 3.63) is 0 Å². The summed E-state index contributed by atoms with van der Waals surface area (Å²) in [6.07, 6.45) is -0.369. The summed E-state index contributed by atoms with van der Waals surface area (Å²) >= 11 is 0. The van der Waals surface area contributed by atoms with Crippen molar-refractivity contribution in [2.45, 2.75) is 70.9 Å². The Morgan fingerprint density at radius 2 is 1.86 bits per heavy atom. The smallest absolute Gasteiger partial charge is 0.408 e. The van der Waals surface area contributed by atoms with Gasteiger partial charge in [-0.1, -0.05) is 0 Å². The van der Waals surface area contributed by atoms with Gasteiger partial charge >= 0.3 is 12.1 Å². The summed E-state index contributed by atoms with van der Waals surface area (Å²) in [6.45, 7) is 6.57. The van der Waals surface area contributed by atoms with E-state index in [1.54, 1.807) is 27.7 Å². The van der Waals surface area contributed by atoms with E-state index < -0.39 is 36.0 Å². The highest BCUT2D eigenvalue weighted by Crippen LogP contribution is 2.40. The Hall–Kier alpha value is -1.40. The van der Waals surface area contributed by atoms with Crippen LogP contribution in [0.3, 0.4) is 0 Å². The number of carbonyl (C=O) groups is 2. The number of amides is 1. The minimum atomic E-state index is -3.02. The van der Waals surface area contributed by atoms with Gasteiger partial charge in [0.25, 0.3) is 5.92 Å². The molecule has 0 bridgehead atoms. The molecule has 1 atom stereocenters. The predicted molar refractivity (Wildman–Crippen MR) is 76.7 cm³/mol. The van der Waals surface area contributed by atoms with Crippen LogP contribution < -0.4 is 5.32 Å².